The Morgan fingerprint density at radius 3 is 2.46 bits per heavy atom. The molecule has 0 saturated carbocycles. The third kappa shape index (κ3) is 4.06. The number of carbonyl (C=O) groups excluding carboxylic acids is 2. The largest absolute Gasteiger partial charge is 0.302 e. The highest BCUT2D eigenvalue weighted by molar-refractivity contribution is 7.20. The van der Waals surface area contributed by atoms with Gasteiger partial charge < -0.3 is 4.57 Å². The van der Waals surface area contributed by atoms with Crippen LogP contribution in [0.15, 0.2) is 65.7 Å². The van der Waals surface area contributed by atoms with E-state index in [2.05, 4.69) is 15.8 Å². The van der Waals surface area contributed by atoms with Crippen LogP contribution in [0.25, 0.3) is 32.4 Å². The number of thiophene rings is 1. The average molecular weight is 484 g/mol. The predicted octanol–water partition coefficient (Wildman–Crippen LogP) is 3.90. The van der Waals surface area contributed by atoms with Gasteiger partial charge in [-0.2, -0.15) is 0 Å². The average Bonchev–Trinajstić information content (AvgIpc) is 3.21. The quantitative estimate of drug-likeness (QED) is 0.379. The van der Waals surface area contributed by atoms with E-state index >= 15 is 0 Å². The standard InChI is InChI=1S/C26H21N5O3S/c1-14-8-10-16(11-9-14)20-12-18(17-6-4-5-7-19(17)28-20)23(32)29-30-24(33)22-15(2)21-25(35-22)27-13-31(3)26(21)34/h4-13H,1-3H3,(H,29,32)(H,30,33). The predicted molar refractivity (Wildman–Crippen MR) is 136 cm³/mol. The summed E-state index contributed by atoms with van der Waals surface area (Å²) in [6, 6.07) is 17.0. The van der Waals surface area contributed by atoms with Gasteiger partial charge in [0.25, 0.3) is 17.4 Å². The summed E-state index contributed by atoms with van der Waals surface area (Å²) in [5, 5.41) is 1.07. The molecule has 8 nitrogen and oxygen atoms in total. The number of hydrazine groups is 1. The first-order valence-electron chi connectivity index (χ1n) is 10.9. The van der Waals surface area contributed by atoms with Crippen molar-refractivity contribution in [2.45, 2.75) is 13.8 Å². The van der Waals surface area contributed by atoms with Gasteiger partial charge in [0.2, 0.25) is 0 Å². The zero-order valence-electron chi connectivity index (χ0n) is 19.2. The van der Waals surface area contributed by atoms with Crippen molar-refractivity contribution in [2.24, 2.45) is 7.05 Å². The molecule has 0 bridgehead atoms. The molecule has 3 aromatic heterocycles. The van der Waals surface area contributed by atoms with Crippen molar-refractivity contribution in [1.29, 1.82) is 0 Å². The molecule has 9 heteroatoms. The second-order valence-electron chi connectivity index (χ2n) is 8.24. The topological polar surface area (TPSA) is 106 Å². The molecule has 0 aliphatic rings. The van der Waals surface area contributed by atoms with E-state index in [9.17, 15) is 14.4 Å². The number of benzene rings is 2. The number of amides is 2. The number of carbonyl (C=O) groups is 2. The molecule has 5 aromatic rings. The Hall–Kier alpha value is -4.37. The zero-order valence-corrected chi connectivity index (χ0v) is 20.1. The highest BCUT2D eigenvalue weighted by Gasteiger charge is 2.20. The number of nitrogens with zero attached hydrogens (tertiary/aromatic N) is 3. The molecule has 0 spiro atoms. The van der Waals surface area contributed by atoms with Crippen LogP contribution in [0.5, 0.6) is 0 Å². The third-order valence-electron chi connectivity index (χ3n) is 5.81. The van der Waals surface area contributed by atoms with E-state index in [1.165, 1.54) is 10.9 Å². The smallest absolute Gasteiger partial charge is 0.280 e. The summed E-state index contributed by atoms with van der Waals surface area (Å²) < 4.78 is 1.37. The van der Waals surface area contributed by atoms with Gasteiger partial charge in [-0.1, -0.05) is 48.0 Å². The minimum Gasteiger partial charge on any atom is -0.302 e. The lowest BCUT2D eigenvalue weighted by Crippen LogP contribution is -2.41. The number of pyridine rings is 1. The Bertz CT molecular complexity index is 1690. The molecule has 2 aromatic carbocycles. The van der Waals surface area contributed by atoms with Gasteiger partial charge in [0, 0.05) is 18.0 Å². The van der Waals surface area contributed by atoms with Crippen molar-refractivity contribution in [3.05, 3.63) is 92.8 Å². The fourth-order valence-electron chi connectivity index (χ4n) is 3.90. The fraction of sp³-hybridized carbons (Fsp3) is 0.115. The van der Waals surface area contributed by atoms with Crippen molar-refractivity contribution in [3.8, 4) is 11.3 Å². The Morgan fingerprint density at radius 1 is 0.971 bits per heavy atom. The van der Waals surface area contributed by atoms with Crippen LogP contribution < -0.4 is 16.4 Å². The van der Waals surface area contributed by atoms with Crippen LogP contribution in [0.4, 0.5) is 0 Å². The van der Waals surface area contributed by atoms with Crippen molar-refractivity contribution < 1.29 is 9.59 Å². The van der Waals surface area contributed by atoms with Gasteiger partial charge in [-0.15, -0.1) is 11.3 Å². The second kappa shape index (κ2) is 8.77. The van der Waals surface area contributed by atoms with E-state index in [-0.39, 0.29) is 5.56 Å². The number of hydrogen-bond donors (Lipinski definition) is 2. The molecule has 2 amide bonds. The molecule has 35 heavy (non-hydrogen) atoms. The minimum atomic E-state index is -0.516. The van der Waals surface area contributed by atoms with E-state index in [1.54, 1.807) is 20.0 Å². The molecule has 2 N–H and O–H groups in total. The number of nitrogens with one attached hydrogen (secondary N) is 2. The van der Waals surface area contributed by atoms with Crippen LogP contribution in [-0.4, -0.2) is 26.3 Å². The van der Waals surface area contributed by atoms with E-state index in [4.69, 9.17) is 4.98 Å². The van der Waals surface area contributed by atoms with Gasteiger partial charge in [0.15, 0.2) is 0 Å². The van der Waals surface area contributed by atoms with E-state index in [0.29, 0.717) is 42.8 Å². The zero-order chi connectivity index (χ0) is 24.7. The van der Waals surface area contributed by atoms with Gasteiger partial charge in [-0.05, 0) is 31.5 Å². The van der Waals surface area contributed by atoms with Gasteiger partial charge >= 0.3 is 0 Å². The van der Waals surface area contributed by atoms with Crippen molar-refractivity contribution in [2.75, 3.05) is 0 Å². The Morgan fingerprint density at radius 2 is 1.69 bits per heavy atom. The van der Waals surface area contributed by atoms with E-state index < -0.39 is 11.8 Å². The molecule has 0 radical (unpaired) electrons. The Labute approximate surface area is 204 Å². The Balaban J connectivity index is 1.45. The number of aryl methyl sites for hydroxylation is 3. The summed E-state index contributed by atoms with van der Waals surface area (Å²) in [5.74, 6) is -0.990. The van der Waals surface area contributed by atoms with Crippen molar-refractivity contribution in [1.82, 2.24) is 25.4 Å². The highest BCUT2D eigenvalue weighted by Crippen LogP contribution is 2.27. The van der Waals surface area contributed by atoms with Gasteiger partial charge in [-0.25, -0.2) is 9.97 Å². The summed E-state index contributed by atoms with van der Waals surface area (Å²) in [5.41, 5.74) is 9.02. The monoisotopic (exact) mass is 483 g/mol. The summed E-state index contributed by atoms with van der Waals surface area (Å²) in [7, 11) is 1.61. The summed E-state index contributed by atoms with van der Waals surface area (Å²) >= 11 is 1.11. The maximum Gasteiger partial charge on any atom is 0.280 e. The minimum absolute atomic E-state index is 0.223. The summed E-state index contributed by atoms with van der Waals surface area (Å²) in [6.45, 7) is 3.70. The molecule has 0 atom stereocenters. The lowest BCUT2D eigenvalue weighted by molar-refractivity contribution is 0.0849. The lowest BCUT2D eigenvalue weighted by Gasteiger charge is -2.11. The molecule has 5 rings (SSSR count). The molecule has 0 saturated heterocycles. The summed E-state index contributed by atoms with van der Waals surface area (Å²) in [4.78, 5) is 48.2. The fourth-order valence-corrected chi connectivity index (χ4v) is 4.93. The molecule has 0 aliphatic heterocycles. The molecular formula is C26H21N5O3S. The number of aromatic nitrogens is 3. The van der Waals surface area contributed by atoms with Gasteiger partial charge in [-0.3, -0.25) is 25.2 Å². The van der Waals surface area contributed by atoms with Crippen LogP contribution in [0.2, 0.25) is 0 Å². The second-order valence-corrected chi connectivity index (χ2v) is 9.24. The van der Waals surface area contributed by atoms with Crippen LogP contribution in [0.3, 0.4) is 0 Å². The molecule has 174 valence electrons. The van der Waals surface area contributed by atoms with Crippen LogP contribution in [0, 0.1) is 13.8 Å². The first-order chi connectivity index (χ1) is 16.8. The highest BCUT2D eigenvalue weighted by atomic mass is 32.1. The lowest BCUT2D eigenvalue weighted by atomic mass is 10.0. The summed E-state index contributed by atoms with van der Waals surface area (Å²) in [6.07, 6.45) is 1.42. The van der Waals surface area contributed by atoms with Crippen LogP contribution in [0.1, 0.15) is 31.2 Å². The number of para-hydroxylation sites is 1. The molecule has 0 unspecified atom stereocenters. The normalized spacial score (nSPS) is 11.1. The van der Waals surface area contributed by atoms with Crippen LogP contribution >= 0.6 is 11.3 Å². The van der Waals surface area contributed by atoms with Gasteiger partial charge in [0.1, 0.15) is 4.83 Å². The molecule has 0 fully saturated rings. The molecule has 0 aliphatic carbocycles. The number of hydrogen-bond acceptors (Lipinski definition) is 6. The third-order valence-corrected chi connectivity index (χ3v) is 7.01. The first-order valence-corrected chi connectivity index (χ1v) is 11.7. The molecular weight excluding hydrogens is 462 g/mol. The van der Waals surface area contributed by atoms with Gasteiger partial charge in [0.05, 0.1) is 33.4 Å². The van der Waals surface area contributed by atoms with E-state index in [0.717, 1.165) is 22.5 Å². The Kier molecular flexibility index (Phi) is 5.62. The maximum atomic E-state index is 13.2. The first kappa shape index (κ1) is 22.4. The SMILES string of the molecule is Cc1ccc(-c2cc(C(=O)NNC(=O)c3sc4ncn(C)c(=O)c4c3C)c3ccccc3n2)cc1. The number of rotatable bonds is 3. The maximum absolute atomic E-state index is 13.2. The van der Waals surface area contributed by atoms with Crippen molar-refractivity contribution in [3.63, 3.8) is 0 Å². The van der Waals surface area contributed by atoms with Crippen molar-refractivity contribution >= 4 is 44.3 Å². The number of fused-ring (bicyclic) bond motifs is 2. The molecule has 3 heterocycles. The van der Waals surface area contributed by atoms with E-state index in [1.807, 2.05) is 55.5 Å². The van der Waals surface area contributed by atoms with Crippen LogP contribution in [-0.2, 0) is 7.05 Å².